The van der Waals surface area contributed by atoms with Gasteiger partial charge in [-0.2, -0.15) is 5.10 Å². The third-order valence-corrected chi connectivity index (χ3v) is 3.71. The number of hydrogen-bond acceptors (Lipinski definition) is 5. The lowest BCUT2D eigenvalue weighted by molar-refractivity contribution is -0.384. The highest BCUT2D eigenvalue weighted by Gasteiger charge is 2.30. The summed E-state index contributed by atoms with van der Waals surface area (Å²) < 4.78 is 1.59. The van der Waals surface area contributed by atoms with Crippen molar-refractivity contribution in [2.45, 2.75) is 13.5 Å². The van der Waals surface area contributed by atoms with E-state index < -0.39 is 0 Å². The molecule has 0 saturated carbocycles. The van der Waals surface area contributed by atoms with Gasteiger partial charge in [0.05, 0.1) is 4.92 Å². The molecule has 1 N–H and O–H groups in total. The molecule has 0 bridgehead atoms. The van der Waals surface area contributed by atoms with Crippen molar-refractivity contribution in [3.05, 3.63) is 45.6 Å². The van der Waals surface area contributed by atoms with E-state index in [0.717, 1.165) is 24.3 Å². The maximum absolute atomic E-state index is 11.4. The molecule has 21 heavy (non-hydrogen) atoms. The Balaban J connectivity index is 2.19. The van der Waals surface area contributed by atoms with Gasteiger partial charge in [-0.05, 0) is 18.6 Å². The molecule has 0 amide bonds. The number of aromatic nitrogens is 2. The Morgan fingerprint density at radius 1 is 1.38 bits per heavy atom. The monoisotopic (exact) mass is 287 g/mol. The standard InChI is InChI=1S/C14H17N5O2/c1-10-13(19(20)21)14(17(2)16-10)18-8-7-15-9-11-5-3-4-6-12(11)18/h3-6,15H,7-9H2,1-2H3. The first-order chi connectivity index (χ1) is 10.1. The molecule has 0 saturated heterocycles. The smallest absolute Gasteiger partial charge is 0.319 e. The van der Waals surface area contributed by atoms with Crippen molar-refractivity contribution in [2.75, 3.05) is 18.0 Å². The summed E-state index contributed by atoms with van der Waals surface area (Å²) in [5.74, 6) is 0.536. The number of hydrogen-bond donors (Lipinski definition) is 1. The Labute approximate surface area is 122 Å². The molecular formula is C14H17N5O2. The lowest BCUT2D eigenvalue weighted by atomic mass is 10.1. The van der Waals surface area contributed by atoms with Crippen molar-refractivity contribution < 1.29 is 4.92 Å². The van der Waals surface area contributed by atoms with Gasteiger partial charge in [0.15, 0.2) is 0 Å². The van der Waals surface area contributed by atoms with Gasteiger partial charge in [-0.25, -0.2) is 4.68 Å². The van der Waals surface area contributed by atoms with Crippen LogP contribution in [0.25, 0.3) is 0 Å². The van der Waals surface area contributed by atoms with Crippen LogP contribution in [0.15, 0.2) is 24.3 Å². The summed E-state index contributed by atoms with van der Waals surface area (Å²) in [5.41, 5.74) is 2.64. The Kier molecular flexibility index (Phi) is 3.34. The van der Waals surface area contributed by atoms with E-state index in [4.69, 9.17) is 0 Å². The average molecular weight is 287 g/mol. The number of benzene rings is 1. The van der Waals surface area contributed by atoms with E-state index in [0.29, 0.717) is 18.1 Å². The van der Waals surface area contributed by atoms with Crippen LogP contribution in [-0.2, 0) is 13.6 Å². The molecule has 110 valence electrons. The van der Waals surface area contributed by atoms with Crippen LogP contribution in [-0.4, -0.2) is 27.8 Å². The summed E-state index contributed by atoms with van der Waals surface area (Å²) in [5, 5.41) is 19.0. The molecule has 0 radical (unpaired) electrons. The van der Waals surface area contributed by atoms with Crippen LogP contribution in [0.4, 0.5) is 17.2 Å². The number of fused-ring (bicyclic) bond motifs is 1. The van der Waals surface area contributed by atoms with Crippen molar-refractivity contribution in [1.82, 2.24) is 15.1 Å². The number of nitrogens with zero attached hydrogens (tertiary/aromatic N) is 4. The fourth-order valence-electron chi connectivity index (χ4n) is 2.83. The molecule has 0 atom stereocenters. The van der Waals surface area contributed by atoms with E-state index in [1.165, 1.54) is 0 Å². The fraction of sp³-hybridized carbons (Fsp3) is 0.357. The molecular weight excluding hydrogens is 270 g/mol. The zero-order valence-corrected chi connectivity index (χ0v) is 12.0. The predicted octanol–water partition coefficient (Wildman–Crippen LogP) is 1.88. The van der Waals surface area contributed by atoms with E-state index >= 15 is 0 Å². The number of anilines is 2. The van der Waals surface area contributed by atoms with Gasteiger partial charge in [-0.3, -0.25) is 10.1 Å². The third kappa shape index (κ3) is 2.25. The minimum absolute atomic E-state index is 0.0780. The summed E-state index contributed by atoms with van der Waals surface area (Å²) in [4.78, 5) is 13.0. The average Bonchev–Trinajstić information content (AvgIpc) is 2.63. The van der Waals surface area contributed by atoms with Gasteiger partial charge in [0, 0.05) is 32.4 Å². The molecule has 3 rings (SSSR count). The lowest BCUT2D eigenvalue weighted by Gasteiger charge is -2.23. The Hall–Kier alpha value is -2.41. The van der Waals surface area contributed by atoms with Crippen molar-refractivity contribution >= 4 is 17.2 Å². The number of nitrogens with one attached hydrogen (secondary N) is 1. The molecule has 1 aromatic carbocycles. The first-order valence-electron chi connectivity index (χ1n) is 6.83. The molecule has 7 heteroatoms. The van der Waals surface area contributed by atoms with Gasteiger partial charge < -0.3 is 10.2 Å². The number of nitro groups is 1. The first-order valence-corrected chi connectivity index (χ1v) is 6.83. The molecule has 0 fully saturated rings. The van der Waals surface area contributed by atoms with E-state index in [2.05, 4.69) is 10.4 Å². The van der Waals surface area contributed by atoms with Gasteiger partial charge in [-0.15, -0.1) is 0 Å². The van der Waals surface area contributed by atoms with E-state index in [1.54, 1.807) is 18.7 Å². The zero-order valence-electron chi connectivity index (χ0n) is 12.0. The van der Waals surface area contributed by atoms with Gasteiger partial charge in [0.25, 0.3) is 0 Å². The molecule has 2 heterocycles. The van der Waals surface area contributed by atoms with Crippen molar-refractivity contribution in [2.24, 2.45) is 7.05 Å². The van der Waals surface area contributed by atoms with Crippen LogP contribution < -0.4 is 10.2 Å². The molecule has 1 aliphatic rings. The third-order valence-electron chi connectivity index (χ3n) is 3.71. The second-order valence-electron chi connectivity index (χ2n) is 5.10. The highest BCUT2D eigenvalue weighted by Crippen LogP contribution is 2.37. The van der Waals surface area contributed by atoms with Crippen LogP contribution in [0.1, 0.15) is 11.3 Å². The number of para-hydroxylation sites is 1. The molecule has 0 unspecified atom stereocenters. The van der Waals surface area contributed by atoms with Gasteiger partial charge in [0.1, 0.15) is 5.69 Å². The minimum atomic E-state index is -0.349. The minimum Gasteiger partial charge on any atom is -0.319 e. The Morgan fingerprint density at radius 3 is 2.90 bits per heavy atom. The molecule has 1 aliphatic heterocycles. The van der Waals surface area contributed by atoms with Gasteiger partial charge >= 0.3 is 5.69 Å². The maximum atomic E-state index is 11.4. The molecule has 0 spiro atoms. The van der Waals surface area contributed by atoms with E-state index in [1.807, 2.05) is 29.2 Å². The van der Waals surface area contributed by atoms with Crippen LogP contribution >= 0.6 is 0 Å². The molecule has 0 aliphatic carbocycles. The first kappa shape index (κ1) is 13.6. The van der Waals surface area contributed by atoms with Crippen LogP contribution in [0.5, 0.6) is 0 Å². The highest BCUT2D eigenvalue weighted by atomic mass is 16.6. The lowest BCUT2D eigenvalue weighted by Crippen LogP contribution is -2.26. The highest BCUT2D eigenvalue weighted by molar-refractivity contribution is 5.72. The second-order valence-corrected chi connectivity index (χ2v) is 5.10. The number of rotatable bonds is 2. The van der Waals surface area contributed by atoms with Crippen molar-refractivity contribution in [3.63, 3.8) is 0 Å². The SMILES string of the molecule is Cc1nn(C)c(N2CCNCc3ccccc32)c1[N+](=O)[O-]. The van der Waals surface area contributed by atoms with Crippen LogP contribution in [0.3, 0.4) is 0 Å². The summed E-state index contributed by atoms with van der Waals surface area (Å²) in [7, 11) is 1.75. The predicted molar refractivity (Wildman–Crippen MR) is 79.8 cm³/mol. The number of aryl methyl sites for hydroxylation is 2. The normalized spacial score (nSPS) is 14.7. The Morgan fingerprint density at radius 2 is 2.14 bits per heavy atom. The van der Waals surface area contributed by atoms with E-state index in [-0.39, 0.29) is 10.6 Å². The van der Waals surface area contributed by atoms with Crippen molar-refractivity contribution in [3.8, 4) is 0 Å². The fourth-order valence-corrected chi connectivity index (χ4v) is 2.83. The summed E-state index contributed by atoms with van der Waals surface area (Å²) in [6.07, 6.45) is 0. The van der Waals surface area contributed by atoms with Crippen LogP contribution in [0.2, 0.25) is 0 Å². The topological polar surface area (TPSA) is 76.2 Å². The van der Waals surface area contributed by atoms with Gasteiger partial charge in [-0.1, -0.05) is 18.2 Å². The molecule has 2 aromatic rings. The summed E-state index contributed by atoms with van der Waals surface area (Å²) in [6.45, 7) is 3.85. The van der Waals surface area contributed by atoms with Crippen LogP contribution in [0, 0.1) is 17.0 Å². The molecule has 1 aromatic heterocycles. The molecule has 7 nitrogen and oxygen atoms in total. The second kappa shape index (κ2) is 5.17. The Bertz CT molecular complexity index is 695. The quantitative estimate of drug-likeness (QED) is 0.674. The van der Waals surface area contributed by atoms with Crippen molar-refractivity contribution in [1.29, 1.82) is 0 Å². The van der Waals surface area contributed by atoms with E-state index in [9.17, 15) is 10.1 Å². The summed E-state index contributed by atoms with van der Waals surface area (Å²) in [6, 6.07) is 7.96. The van der Waals surface area contributed by atoms with Gasteiger partial charge in [0.2, 0.25) is 5.82 Å². The largest absolute Gasteiger partial charge is 0.334 e. The zero-order chi connectivity index (χ0) is 15.0. The maximum Gasteiger partial charge on any atom is 0.334 e. The summed E-state index contributed by atoms with van der Waals surface area (Å²) >= 11 is 0.